The normalized spacial score (nSPS) is 11.7. The molecule has 0 amide bonds. The number of amidine groups is 2. The largest absolute Gasteiger partial charge is 0.481 e. The summed E-state index contributed by atoms with van der Waals surface area (Å²) < 4.78 is 5.94. The monoisotopic (exact) mass is 354 g/mol. The number of hydrogen-bond donors (Lipinski definition) is 5. The Morgan fingerprint density at radius 1 is 1.04 bits per heavy atom. The van der Waals surface area contributed by atoms with E-state index in [1.165, 1.54) is 0 Å². The fraction of sp³-hybridized carbons (Fsp3) is 0.211. The maximum atomic E-state index is 10.9. The van der Waals surface area contributed by atoms with E-state index in [0.717, 1.165) is 11.1 Å². The van der Waals surface area contributed by atoms with Gasteiger partial charge in [-0.1, -0.05) is 42.5 Å². The minimum Gasteiger partial charge on any atom is -0.481 e. The minimum atomic E-state index is -0.896. The van der Waals surface area contributed by atoms with Crippen LogP contribution in [0.15, 0.2) is 48.5 Å². The third-order valence-corrected chi connectivity index (χ3v) is 3.91. The van der Waals surface area contributed by atoms with Crippen molar-refractivity contribution >= 4 is 17.6 Å². The van der Waals surface area contributed by atoms with E-state index in [4.69, 9.17) is 32.1 Å². The molecule has 0 heterocycles. The second-order valence-electron chi connectivity index (χ2n) is 5.88. The lowest BCUT2D eigenvalue weighted by atomic mass is 10.0. The molecule has 1 unspecified atom stereocenters. The van der Waals surface area contributed by atoms with Crippen molar-refractivity contribution in [1.82, 2.24) is 0 Å². The Kier molecular flexibility index (Phi) is 6.46. The van der Waals surface area contributed by atoms with E-state index < -0.39 is 12.1 Å². The van der Waals surface area contributed by atoms with Crippen molar-refractivity contribution in [2.24, 2.45) is 11.5 Å². The molecule has 7 nitrogen and oxygen atoms in total. The number of carbonyl (C=O) groups is 1. The van der Waals surface area contributed by atoms with Crippen LogP contribution in [0, 0.1) is 10.8 Å². The number of aliphatic carboxylic acids is 1. The zero-order valence-corrected chi connectivity index (χ0v) is 14.2. The van der Waals surface area contributed by atoms with Gasteiger partial charge in [-0.05, 0) is 23.6 Å². The van der Waals surface area contributed by atoms with Crippen molar-refractivity contribution < 1.29 is 14.6 Å². The van der Waals surface area contributed by atoms with Gasteiger partial charge in [-0.15, -0.1) is 0 Å². The first-order valence-electron chi connectivity index (χ1n) is 8.08. The molecule has 0 radical (unpaired) electrons. The lowest BCUT2D eigenvalue weighted by Gasteiger charge is -2.19. The molecular formula is C19H22N4O3. The summed E-state index contributed by atoms with van der Waals surface area (Å²) >= 11 is 0. The van der Waals surface area contributed by atoms with Crippen molar-refractivity contribution in [1.29, 1.82) is 10.8 Å². The molecule has 0 aromatic heterocycles. The number of benzene rings is 2. The maximum Gasteiger partial charge on any atom is 0.303 e. The fourth-order valence-electron chi connectivity index (χ4n) is 2.48. The quantitative estimate of drug-likeness (QED) is 0.346. The van der Waals surface area contributed by atoms with Crippen molar-refractivity contribution in [3.8, 4) is 0 Å². The molecule has 2 aromatic carbocycles. The summed E-state index contributed by atoms with van der Waals surface area (Å²) in [4.78, 5) is 10.9. The number of nitrogen functional groups attached to an aromatic ring is 2. The van der Waals surface area contributed by atoms with Gasteiger partial charge in [0.25, 0.3) is 0 Å². The molecule has 26 heavy (non-hydrogen) atoms. The van der Waals surface area contributed by atoms with E-state index >= 15 is 0 Å². The van der Waals surface area contributed by atoms with E-state index in [0.29, 0.717) is 17.5 Å². The van der Waals surface area contributed by atoms with Gasteiger partial charge >= 0.3 is 5.97 Å². The number of hydrogen-bond acceptors (Lipinski definition) is 4. The number of ether oxygens (including phenoxy) is 1. The van der Waals surface area contributed by atoms with Gasteiger partial charge in [0.2, 0.25) is 0 Å². The first kappa shape index (κ1) is 19.1. The second kappa shape index (κ2) is 8.77. The predicted octanol–water partition coefficient (Wildman–Crippen LogP) is 2.38. The standard InChI is InChI=1S/C19H22N4O3/c20-18(21)13-6-4-12(5-7-13)11-26-16(8-9-17(24)25)14-2-1-3-15(10-14)19(22)23/h1-7,10,16H,8-9,11H2,(H3,20,21)(H3,22,23)(H,24,25). The van der Waals surface area contributed by atoms with E-state index in [-0.39, 0.29) is 24.7 Å². The third kappa shape index (κ3) is 5.42. The molecule has 0 saturated heterocycles. The Morgan fingerprint density at radius 3 is 2.27 bits per heavy atom. The topological polar surface area (TPSA) is 146 Å². The summed E-state index contributed by atoms with van der Waals surface area (Å²) in [5.41, 5.74) is 13.8. The Hall–Kier alpha value is -3.19. The van der Waals surface area contributed by atoms with Gasteiger partial charge in [-0.25, -0.2) is 0 Å². The SMILES string of the molecule is N=C(N)c1ccc(COC(CCC(=O)O)c2cccc(C(=N)N)c2)cc1. The first-order valence-corrected chi connectivity index (χ1v) is 8.08. The van der Waals surface area contributed by atoms with Gasteiger partial charge in [0.05, 0.1) is 12.7 Å². The van der Waals surface area contributed by atoms with Crippen molar-refractivity contribution in [3.63, 3.8) is 0 Å². The molecule has 1 atom stereocenters. The van der Waals surface area contributed by atoms with Crippen LogP contribution in [-0.4, -0.2) is 22.7 Å². The van der Waals surface area contributed by atoms with Gasteiger partial charge in [-0.3, -0.25) is 15.6 Å². The van der Waals surface area contributed by atoms with Gasteiger partial charge < -0.3 is 21.3 Å². The fourth-order valence-corrected chi connectivity index (χ4v) is 2.48. The Morgan fingerprint density at radius 2 is 1.69 bits per heavy atom. The number of nitrogens with one attached hydrogen (secondary N) is 2. The molecule has 0 aliphatic carbocycles. The van der Waals surface area contributed by atoms with Crippen LogP contribution in [0.1, 0.15) is 41.2 Å². The Bertz CT molecular complexity index is 803. The van der Waals surface area contributed by atoms with E-state index in [9.17, 15) is 4.79 Å². The molecule has 0 fully saturated rings. The minimum absolute atomic E-state index is 0.00199. The molecule has 0 spiro atoms. The van der Waals surface area contributed by atoms with Crippen LogP contribution in [0.3, 0.4) is 0 Å². The maximum absolute atomic E-state index is 10.9. The van der Waals surface area contributed by atoms with Gasteiger partial charge in [0, 0.05) is 17.5 Å². The van der Waals surface area contributed by atoms with E-state index in [1.807, 2.05) is 18.2 Å². The average Bonchev–Trinajstić information content (AvgIpc) is 2.62. The predicted molar refractivity (Wildman–Crippen MR) is 99.3 cm³/mol. The molecule has 2 rings (SSSR count). The van der Waals surface area contributed by atoms with Crippen LogP contribution < -0.4 is 11.5 Å². The summed E-state index contributed by atoms with van der Waals surface area (Å²) in [5, 5.41) is 23.9. The third-order valence-electron chi connectivity index (χ3n) is 3.91. The number of carboxylic acids is 1. The van der Waals surface area contributed by atoms with Crippen molar-refractivity contribution in [3.05, 3.63) is 70.8 Å². The van der Waals surface area contributed by atoms with Crippen LogP contribution in [-0.2, 0) is 16.1 Å². The van der Waals surface area contributed by atoms with E-state index in [2.05, 4.69) is 0 Å². The summed E-state index contributed by atoms with van der Waals surface area (Å²) in [5.74, 6) is -0.950. The van der Waals surface area contributed by atoms with Crippen LogP contribution >= 0.6 is 0 Å². The van der Waals surface area contributed by atoms with Gasteiger partial charge in [-0.2, -0.15) is 0 Å². The van der Waals surface area contributed by atoms with Gasteiger partial charge in [0.15, 0.2) is 0 Å². The zero-order chi connectivity index (χ0) is 19.1. The van der Waals surface area contributed by atoms with Crippen molar-refractivity contribution in [2.75, 3.05) is 0 Å². The molecule has 0 bridgehead atoms. The smallest absolute Gasteiger partial charge is 0.303 e. The lowest BCUT2D eigenvalue weighted by molar-refractivity contribution is -0.138. The highest BCUT2D eigenvalue weighted by Crippen LogP contribution is 2.25. The zero-order valence-electron chi connectivity index (χ0n) is 14.2. The molecule has 0 saturated carbocycles. The summed E-state index contributed by atoms with van der Waals surface area (Å²) in [6, 6.07) is 14.2. The molecular weight excluding hydrogens is 332 g/mol. The molecule has 0 aliphatic heterocycles. The first-order chi connectivity index (χ1) is 12.4. The number of rotatable bonds is 9. The molecule has 136 valence electrons. The molecule has 7 heteroatoms. The highest BCUT2D eigenvalue weighted by atomic mass is 16.5. The molecule has 0 aliphatic rings. The van der Waals surface area contributed by atoms with Crippen molar-refractivity contribution in [2.45, 2.75) is 25.6 Å². The van der Waals surface area contributed by atoms with Gasteiger partial charge in [0.1, 0.15) is 11.7 Å². The molecule has 2 aromatic rings. The Labute approximate surface area is 151 Å². The molecule has 7 N–H and O–H groups in total. The number of nitrogens with two attached hydrogens (primary N) is 2. The van der Waals surface area contributed by atoms with Crippen LogP contribution in [0.2, 0.25) is 0 Å². The second-order valence-corrected chi connectivity index (χ2v) is 5.88. The van der Waals surface area contributed by atoms with E-state index in [1.54, 1.807) is 30.3 Å². The summed E-state index contributed by atoms with van der Waals surface area (Å²) in [7, 11) is 0. The summed E-state index contributed by atoms with van der Waals surface area (Å²) in [6.07, 6.45) is -0.154. The van der Waals surface area contributed by atoms with Crippen LogP contribution in [0.4, 0.5) is 0 Å². The summed E-state index contributed by atoms with van der Waals surface area (Å²) in [6.45, 7) is 0.284. The van der Waals surface area contributed by atoms with Crippen LogP contribution in [0.25, 0.3) is 0 Å². The average molecular weight is 354 g/mol. The number of carboxylic acid groups (broad SMARTS) is 1. The lowest BCUT2D eigenvalue weighted by Crippen LogP contribution is -2.13. The highest BCUT2D eigenvalue weighted by molar-refractivity contribution is 5.95. The highest BCUT2D eigenvalue weighted by Gasteiger charge is 2.15. The van der Waals surface area contributed by atoms with Crippen LogP contribution in [0.5, 0.6) is 0 Å². The Balaban J connectivity index is 2.14.